The van der Waals surface area contributed by atoms with E-state index in [-0.39, 0.29) is 5.97 Å². The minimum Gasteiger partial charge on any atom is -0.462 e. The summed E-state index contributed by atoms with van der Waals surface area (Å²) >= 11 is 0. The lowest BCUT2D eigenvalue weighted by atomic mass is 9.78. The van der Waals surface area contributed by atoms with Gasteiger partial charge in [0.05, 0.1) is 12.2 Å². The van der Waals surface area contributed by atoms with Gasteiger partial charge in [-0.25, -0.2) is 4.79 Å². The van der Waals surface area contributed by atoms with Crippen LogP contribution in [0.3, 0.4) is 0 Å². The number of fused-ring (bicyclic) bond motifs is 3. The van der Waals surface area contributed by atoms with Crippen LogP contribution < -0.4 is 0 Å². The standard InChI is InChI=1S/C15H16O2/c1-2-17-15(16)14-9-13-11-6-4-3-5-10(11)7-8-12(13)14/h7-9H,2-6H2,1H3. The van der Waals surface area contributed by atoms with Crippen LogP contribution in [0.5, 0.6) is 0 Å². The first-order chi connectivity index (χ1) is 8.31. The minimum absolute atomic E-state index is 0.184. The van der Waals surface area contributed by atoms with E-state index >= 15 is 0 Å². The Morgan fingerprint density at radius 1 is 1.29 bits per heavy atom. The second kappa shape index (κ2) is 4.02. The second-order valence-electron chi connectivity index (χ2n) is 4.65. The molecule has 0 radical (unpaired) electrons. The van der Waals surface area contributed by atoms with Crippen LogP contribution >= 0.6 is 0 Å². The van der Waals surface area contributed by atoms with E-state index in [1.54, 1.807) is 0 Å². The van der Waals surface area contributed by atoms with Gasteiger partial charge in [0, 0.05) is 0 Å². The van der Waals surface area contributed by atoms with Gasteiger partial charge < -0.3 is 4.74 Å². The molecule has 88 valence electrons. The number of hydrogen-bond acceptors (Lipinski definition) is 2. The molecule has 17 heavy (non-hydrogen) atoms. The van der Waals surface area contributed by atoms with Gasteiger partial charge in [0.15, 0.2) is 0 Å². The van der Waals surface area contributed by atoms with E-state index < -0.39 is 0 Å². The van der Waals surface area contributed by atoms with Crippen LogP contribution in [0.2, 0.25) is 0 Å². The molecule has 0 N–H and O–H groups in total. The van der Waals surface area contributed by atoms with Gasteiger partial charge >= 0.3 is 5.97 Å². The van der Waals surface area contributed by atoms with Crippen LogP contribution in [0.25, 0.3) is 11.6 Å². The third-order valence-electron chi connectivity index (χ3n) is 3.65. The van der Waals surface area contributed by atoms with E-state index in [9.17, 15) is 4.79 Å². The summed E-state index contributed by atoms with van der Waals surface area (Å²) < 4.78 is 5.04. The SMILES string of the molecule is CCOC(=O)C1=Cc2c1ccc1c2CCCC1. The van der Waals surface area contributed by atoms with Gasteiger partial charge in [0.1, 0.15) is 0 Å². The molecule has 0 aromatic heterocycles. The summed E-state index contributed by atoms with van der Waals surface area (Å²) in [6.07, 6.45) is 6.90. The lowest BCUT2D eigenvalue weighted by molar-refractivity contribution is -0.136. The number of benzene rings is 1. The van der Waals surface area contributed by atoms with Crippen molar-refractivity contribution in [1.82, 2.24) is 0 Å². The number of carbonyl (C=O) groups is 1. The topological polar surface area (TPSA) is 26.3 Å². The molecule has 2 heteroatoms. The van der Waals surface area contributed by atoms with Crippen LogP contribution in [0.1, 0.15) is 42.0 Å². The molecule has 0 fully saturated rings. The zero-order valence-electron chi connectivity index (χ0n) is 10.1. The van der Waals surface area contributed by atoms with Crippen LogP contribution in [-0.4, -0.2) is 12.6 Å². The molecule has 3 rings (SSSR count). The molecule has 1 aromatic rings. The summed E-state index contributed by atoms with van der Waals surface area (Å²) in [5.74, 6) is -0.184. The smallest absolute Gasteiger partial charge is 0.338 e. The Kier molecular flexibility index (Phi) is 2.50. The summed E-state index contributed by atoms with van der Waals surface area (Å²) in [6.45, 7) is 2.28. The van der Waals surface area contributed by atoms with Crippen molar-refractivity contribution in [3.05, 3.63) is 34.4 Å². The molecular formula is C15H16O2. The highest BCUT2D eigenvalue weighted by atomic mass is 16.5. The third-order valence-corrected chi connectivity index (χ3v) is 3.65. The van der Waals surface area contributed by atoms with Crippen LogP contribution in [-0.2, 0) is 22.4 Å². The van der Waals surface area contributed by atoms with Crippen molar-refractivity contribution >= 4 is 17.6 Å². The maximum absolute atomic E-state index is 11.7. The normalized spacial score (nSPS) is 16.4. The fraction of sp³-hybridized carbons (Fsp3) is 0.400. The molecule has 0 saturated carbocycles. The quantitative estimate of drug-likeness (QED) is 0.727. The Morgan fingerprint density at radius 3 is 2.94 bits per heavy atom. The van der Waals surface area contributed by atoms with Crippen molar-refractivity contribution in [3.63, 3.8) is 0 Å². The van der Waals surface area contributed by atoms with Gasteiger partial charge in [-0.2, -0.15) is 0 Å². The highest BCUT2D eigenvalue weighted by molar-refractivity contribution is 6.27. The summed E-state index contributed by atoms with van der Waals surface area (Å²) in [7, 11) is 0. The van der Waals surface area contributed by atoms with Crippen LogP contribution in [0.15, 0.2) is 12.1 Å². The number of esters is 1. The fourth-order valence-electron chi connectivity index (χ4n) is 2.78. The molecule has 0 amide bonds. The number of aryl methyl sites for hydroxylation is 1. The number of hydrogen-bond donors (Lipinski definition) is 0. The van der Waals surface area contributed by atoms with Gasteiger partial charge in [-0.3, -0.25) is 0 Å². The van der Waals surface area contributed by atoms with E-state index in [0.717, 1.165) is 17.6 Å². The lowest BCUT2D eigenvalue weighted by Gasteiger charge is -2.26. The first-order valence-electron chi connectivity index (χ1n) is 6.35. The maximum Gasteiger partial charge on any atom is 0.338 e. The average molecular weight is 228 g/mol. The second-order valence-corrected chi connectivity index (χ2v) is 4.65. The molecule has 0 spiro atoms. The molecule has 0 unspecified atom stereocenters. The molecule has 2 nitrogen and oxygen atoms in total. The van der Waals surface area contributed by atoms with Crippen molar-refractivity contribution in [2.75, 3.05) is 6.61 Å². The number of rotatable bonds is 2. The first-order valence-corrected chi connectivity index (χ1v) is 6.35. The number of carbonyl (C=O) groups excluding carboxylic acids is 1. The molecule has 1 aromatic carbocycles. The Bertz CT molecular complexity index is 512. The number of ether oxygens (including phenoxy) is 1. The van der Waals surface area contributed by atoms with Gasteiger partial charge in [0.2, 0.25) is 0 Å². The van der Waals surface area contributed by atoms with E-state index in [4.69, 9.17) is 4.74 Å². The molecule has 0 saturated heterocycles. The molecule has 0 heterocycles. The summed E-state index contributed by atoms with van der Waals surface area (Å²) in [5, 5.41) is 0. The Hall–Kier alpha value is -1.57. The third kappa shape index (κ3) is 1.59. The van der Waals surface area contributed by atoms with E-state index in [2.05, 4.69) is 12.1 Å². The highest BCUT2D eigenvalue weighted by Crippen LogP contribution is 2.39. The summed E-state index contributed by atoms with van der Waals surface area (Å²) in [5.41, 5.74) is 6.04. The van der Waals surface area contributed by atoms with Crippen molar-refractivity contribution in [2.24, 2.45) is 0 Å². The fourth-order valence-corrected chi connectivity index (χ4v) is 2.78. The highest BCUT2D eigenvalue weighted by Gasteiger charge is 2.27. The zero-order chi connectivity index (χ0) is 11.8. The van der Waals surface area contributed by atoms with Crippen molar-refractivity contribution in [3.8, 4) is 0 Å². The predicted molar refractivity (Wildman–Crippen MR) is 67.6 cm³/mol. The van der Waals surface area contributed by atoms with Crippen LogP contribution in [0.4, 0.5) is 0 Å². The lowest BCUT2D eigenvalue weighted by Crippen LogP contribution is -2.16. The molecular weight excluding hydrogens is 212 g/mol. The largest absolute Gasteiger partial charge is 0.462 e. The molecule has 0 bridgehead atoms. The van der Waals surface area contributed by atoms with Crippen LogP contribution in [0, 0.1) is 0 Å². The minimum atomic E-state index is -0.184. The van der Waals surface area contributed by atoms with Crippen molar-refractivity contribution < 1.29 is 9.53 Å². The monoisotopic (exact) mass is 228 g/mol. The molecule has 0 atom stereocenters. The van der Waals surface area contributed by atoms with Crippen molar-refractivity contribution in [1.29, 1.82) is 0 Å². The van der Waals surface area contributed by atoms with Gasteiger partial charge in [-0.05, 0) is 60.9 Å². The Labute approximate surface area is 101 Å². The molecule has 0 aliphatic heterocycles. The average Bonchev–Trinajstić information content (AvgIpc) is 2.29. The zero-order valence-corrected chi connectivity index (χ0v) is 10.1. The predicted octanol–water partition coefficient (Wildman–Crippen LogP) is 2.98. The van der Waals surface area contributed by atoms with E-state index in [0.29, 0.717) is 6.61 Å². The Balaban J connectivity index is 1.94. The maximum atomic E-state index is 11.7. The molecule has 2 aliphatic rings. The first kappa shape index (κ1) is 10.6. The van der Waals surface area contributed by atoms with Gasteiger partial charge in [0.25, 0.3) is 0 Å². The summed E-state index contributed by atoms with van der Waals surface area (Å²) in [4.78, 5) is 11.7. The van der Waals surface area contributed by atoms with Crippen molar-refractivity contribution in [2.45, 2.75) is 32.6 Å². The van der Waals surface area contributed by atoms with E-state index in [1.165, 1.54) is 36.0 Å². The van der Waals surface area contributed by atoms with Gasteiger partial charge in [-0.1, -0.05) is 12.1 Å². The van der Waals surface area contributed by atoms with Gasteiger partial charge in [-0.15, -0.1) is 0 Å². The summed E-state index contributed by atoms with van der Waals surface area (Å²) in [6, 6.07) is 4.26. The Morgan fingerprint density at radius 2 is 2.12 bits per heavy atom. The molecule has 2 aliphatic carbocycles. The van der Waals surface area contributed by atoms with E-state index in [1.807, 2.05) is 13.0 Å².